The van der Waals surface area contributed by atoms with Crippen molar-refractivity contribution in [2.75, 3.05) is 26.2 Å². The number of hydrogen-bond acceptors (Lipinski definition) is 2. The van der Waals surface area contributed by atoms with Crippen molar-refractivity contribution in [3.05, 3.63) is 36.0 Å². The average Bonchev–Trinajstić information content (AvgIpc) is 3.52. The van der Waals surface area contributed by atoms with E-state index in [0.29, 0.717) is 17.7 Å². The summed E-state index contributed by atoms with van der Waals surface area (Å²) in [6, 6.07) is 8.47. The van der Waals surface area contributed by atoms with E-state index in [2.05, 4.69) is 40.3 Å². The van der Waals surface area contributed by atoms with Gasteiger partial charge in [0.15, 0.2) is 0 Å². The number of piperidine rings is 2. The molecule has 0 bridgehead atoms. The Labute approximate surface area is 166 Å². The van der Waals surface area contributed by atoms with E-state index in [1.807, 2.05) is 4.90 Å². The fraction of sp³-hybridized carbons (Fsp3) is 0.565. The Morgan fingerprint density at radius 3 is 2.00 bits per heavy atom. The maximum atomic E-state index is 13.0. The molecule has 2 amide bonds. The van der Waals surface area contributed by atoms with Crippen LogP contribution in [0.2, 0.25) is 0 Å². The summed E-state index contributed by atoms with van der Waals surface area (Å²) in [7, 11) is 0. The molecule has 28 heavy (non-hydrogen) atoms. The molecule has 2 aromatic rings. The first-order chi connectivity index (χ1) is 13.7. The molecular weight excluding hydrogens is 350 g/mol. The van der Waals surface area contributed by atoms with Crippen LogP contribution in [0.15, 0.2) is 30.5 Å². The van der Waals surface area contributed by atoms with Crippen molar-refractivity contribution in [1.82, 2.24) is 14.8 Å². The Morgan fingerprint density at radius 2 is 1.36 bits per heavy atom. The Bertz CT molecular complexity index is 869. The quantitative estimate of drug-likeness (QED) is 0.887. The molecule has 3 heterocycles. The number of benzene rings is 1. The minimum Gasteiger partial charge on any atom is -0.361 e. The fourth-order valence-corrected chi connectivity index (χ4v) is 5.04. The number of aromatic amines is 1. The van der Waals surface area contributed by atoms with Crippen LogP contribution in [0, 0.1) is 11.8 Å². The zero-order valence-electron chi connectivity index (χ0n) is 16.4. The van der Waals surface area contributed by atoms with Gasteiger partial charge in [-0.05, 0) is 56.1 Å². The van der Waals surface area contributed by atoms with Gasteiger partial charge in [-0.2, -0.15) is 0 Å². The molecule has 0 atom stereocenters. The van der Waals surface area contributed by atoms with E-state index in [-0.39, 0.29) is 11.8 Å². The normalized spacial score (nSPS) is 22.0. The third kappa shape index (κ3) is 3.31. The Morgan fingerprint density at radius 1 is 0.786 bits per heavy atom. The van der Waals surface area contributed by atoms with Gasteiger partial charge in [-0.1, -0.05) is 18.2 Å². The van der Waals surface area contributed by atoms with Crippen LogP contribution in [-0.4, -0.2) is 52.8 Å². The molecule has 5 nitrogen and oxygen atoms in total. The monoisotopic (exact) mass is 379 g/mol. The second kappa shape index (κ2) is 7.26. The smallest absolute Gasteiger partial charge is 0.225 e. The summed E-state index contributed by atoms with van der Waals surface area (Å²) in [5, 5.41) is 1.32. The van der Waals surface area contributed by atoms with Crippen molar-refractivity contribution in [3.8, 4) is 0 Å². The molecule has 5 rings (SSSR count). The Hall–Kier alpha value is -2.30. The molecular formula is C23H29N3O2. The molecule has 2 aliphatic heterocycles. The van der Waals surface area contributed by atoms with E-state index in [1.165, 1.54) is 16.5 Å². The van der Waals surface area contributed by atoms with Crippen LogP contribution < -0.4 is 0 Å². The third-order valence-corrected chi connectivity index (χ3v) is 6.95. The Balaban J connectivity index is 1.16. The highest BCUT2D eigenvalue weighted by atomic mass is 16.2. The van der Waals surface area contributed by atoms with Crippen molar-refractivity contribution >= 4 is 22.7 Å². The summed E-state index contributed by atoms with van der Waals surface area (Å²) in [6.45, 7) is 3.23. The lowest BCUT2D eigenvalue weighted by Gasteiger charge is -2.37. The lowest BCUT2D eigenvalue weighted by atomic mass is 9.88. The molecule has 3 aliphatic rings. The number of para-hydroxylation sites is 1. The molecule has 2 saturated heterocycles. The van der Waals surface area contributed by atoms with Crippen LogP contribution in [0.25, 0.3) is 10.9 Å². The highest BCUT2D eigenvalue weighted by Crippen LogP contribution is 2.35. The van der Waals surface area contributed by atoms with Crippen LogP contribution >= 0.6 is 0 Å². The molecule has 3 fully saturated rings. The summed E-state index contributed by atoms with van der Waals surface area (Å²) < 4.78 is 0. The van der Waals surface area contributed by atoms with Crippen molar-refractivity contribution in [1.29, 1.82) is 0 Å². The van der Waals surface area contributed by atoms with Gasteiger partial charge in [-0.3, -0.25) is 9.59 Å². The number of nitrogens with zero attached hydrogens (tertiary/aromatic N) is 2. The van der Waals surface area contributed by atoms with Crippen molar-refractivity contribution in [3.63, 3.8) is 0 Å². The van der Waals surface area contributed by atoms with Gasteiger partial charge >= 0.3 is 0 Å². The first kappa shape index (κ1) is 17.8. The highest BCUT2D eigenvalue weighted by molar-refractivity contribution is 5.84. The van der Waals surface area contributed by atoms with Gasteiger partial charge in [-0.15, -0.1) is 0 Å². The SMILES string of the molecule is O=C(C1CC1)N1CCC(C(=O)N2CCC(c3c[nH]c4ccccc34)CC2)CC1. The van der Waals surface area contributed by atoms with Gasteiger partial charge in [0.05, 0.1) is 0 Å². The highest BCUT2D eigenvalue weighted by Gasteiger charge is 2.37. The van der Waals surface area contributed by atoms with Crippen LogP contribution in [0.4, 0.5) is 0 Å². The zero-order chi connectivity index (χ0) is 19.1. The lowest BCUT2D eigenvalue weighted by molar-refractivity contribution is -0.142. The second-order valence-corrected chi connectivity index (χ2v) is 8.76. The first-order valence-corrected chi connectivity index (χ1v) is 10.8. The molecule has 0 radical (unpaired) electrons. The number of nitrogens with one attached hydrogen (secondary N) is 1. The molecule has 0 unspecified atom stereocenters. The maximum Gasteiger partial charge on any atom is 0.225 e. The molecule has 5 heteroatoms. The largest absolute Gasteiger partial charge is 0.361 e. The van der Waals surface area contributed by atoms with Crippen LogP contribution in [0.5, 0.6) is 0 Å². The summed E-state index contributed by atoms with van der Waals surface area (Å²) in [6.07, 6.45) is 8.00. The zero-order valence-corrected chi connectivity index (χ0v) is 16.4. The van der Waals surface area contributed by atoms with E-state index in [1.54, 1.807) is 0 Å². The van der Waals surface area contributed by atoms with Gasteiger partial charge < -0.3 is 14.8 Å². The van der Waals surface area contributed by atoms with E-state index in [0.717, 1.165) is 64.7 Å². The van der Waals surface area contributed by atoms with Crippen molar-refractivity contribution in [2.45, 2.75) is 44.4 Å². The number of aromatic nitrogens is 1. The topological polar surface area (TPSA) is 56.4 Å². The van der Waals surface area contributed by atoms with Gasteiger partial charge in [-0.25, -0.2) is 0 Å². The lowest BCUT2D eigenvalue weighted by Crippen LogP contribution is -2.46. The molecule has 1 aliphatic carbocycles. The van der Waals surface area contributed by atoms with Crippen LogP contribution in [0.1, 0.15) is 50.0 Å². The average molecular weight is 380 g/mol. The van der Waals surface area contributed by atoms with Crippen LogP contribution in [-0.2, 0) is 9.59 Å². The minimum atomic E-state index is 0.105. The number of carbonyl (C=O) groups is 2. The predicted molar refractivity (Wildman–Crippen MR) is 109 cm³/mol. The van der Waals surface area contributed by atoms with Gasteiger partial charge in [0.2, 0.25) is 11.8 Å². The van der Waals surface area contributed by atoms with Gasteiger partial charge in [0.25, 0.3) is 0 Å². The summed E-state index contributed by atoms with van der Waals surface area (Å²) in [5.74, 6) is 1.56. The summed E-state index contributed by atoms with van der Waals surface area (Å²) in [4.78, 5) is 32.7. The Kier molecular flexibility index (Phi) is 4.61. The van der Waals surface area contributed by atoms with Gasteiger partial charge in [0, 0.05) is 55.1 Å². The predicted octanol–water partition coefficient (Wildman–Crippen LogP) is 3.52. The van der Waals surface area contributed by atoms with E-state index in [4.69, 9.17) is 0 Å². The standard InChI is InChI=1S/C23H29N3O2/c27-22(17-5-6-17)26-13-9-18(10-14-26)23(28)25-11-7-16(8-12-25)20-15-24-21-4-2-1-3-19(20)21/h1-4,15-18,24H,5-14H2. The number of rotatable bonds is 3. The first-order valence-electron chi connectivity index (χ1n) is 10.8. The number of hydrogen-bond donors (Lipinski definition) is 1. The maximum absolute atomic E-state index is 13.0. The number of fused-ring (bicyclic) bond motifs is 1. The fourth-order valence-electron chi connectivity index (χ4n) is 5.04. The summed E-state index contributed by atoms with van der Waals surface area (Å²) in [5.41, 5.74) is 2.60. The van der Waals surface area contributed by atoms with E-state index in [9.17, 15) is 9.59 Å². The number of H-pyrrole nitrogens is 1. The third-order valence-electron chi connectivity index (χ3n) is 6.95. The molecule has 1 saturated carbocycles. The number of carbonyl (C=O) groups excluding carboxylic acids is 2. The summed E-state index contributed by atoms with van der Waals surface area (Å²) >= 11 is 0. The van der Waals surface area contributed by atoms with E-state index >= 15 is 0 Å². The molecule has 148 valence electrons. The molecule has 1 aromatic heterocycles. The van der Waals surface area contributed by atoms with Gasteiger partial charge in [0.1, 0.15) is 0 Å². The number of amides is 2. The second-order valence-electron chi connectivity index (χ2n) is 8.76. The molecule has 0 spiro atoms. The van der Waals surface area contributed by atoms with Crippen LogP contribution in [0.3, 0.4) is 0 Å². The van der Waals surface area contributed by atoms with Crippen molar-refractivity contribution in [2.24, 2.45) is 11.8 Å². The number of likely N-dealkylation sites (tertiary alicyclic amines) is 2. The molecule has 1 aromatic carbocycles. The van der Waals surface area contributed by atoms with Crippen molar-refractivity contribution < 1.29 is 9.59 Å². The molecule has 1 N–H and O–H groups in total. The minimum absolute atomic E-state index is 0.105. The van der Waals surface area contributed by atoms with E-state index < -0.39 is 0 Å².